The van der Waals surface area contributed by atoms with E-state index in [1.54, 1.807) is 0 Å². The molecule has 1 aliphatic rings. The second-order valence-corrected chi connectivity index (χ2v) is 4.32. The van der Waals surface area contributed by atoms with Crippen LogP contribution in [0.25, 0.3) is 0 Å². The Morgan fingerprint density at radius 3 is 3.00 bits per heavy atom. The van der Waals surface area contributed by atoms with E-state index in [9.17, 15) is 0 Å². The van der Waals surface area contributed by atoms with E-state index < -0.39 is 0 Å². The average Bonchev–Trinajstić information content (AvgIpc) is 2.26. The lowest BCUT2D eigenvalue weighted by atomic mass is 10.1. The predicted octanol–water partition coefficient (Wildman–Crippen LogP) is 0.692. The van der Waals surface area contributed by atoms with Gasteiger partial charge in [0.05, 0.1) is 13.2 Å². The summed E-state index contributed by atoms with van der Waals surface area (Å²) in [5.74, 6) is 0.778. The van der Waals surface area contributed by atoms with Crippen LogP contribution in [-0.2, 0) is 4.74 Å². The van der Waals surface area contributed by atoms with Crippen LogP contribution in [-0.4, -0.2) is 43.8 Å². The van der Waals surface area contributed by atoms with Crippen molar-refractivity contribution in [2.24, 2.45) is 11.7 Å². The van der Waals surface area contributed by atoms with Gasteiger partial charge in [0.25, 0.3) is 0 Å². The Hall–Kier alpha value is -0.120. The highest BCUT2D eigenvalue weighted by Crippen LogP contribution is 2.04. The maximum absolute atomic E-state index is 5.86. The minimum atomic E-state index is 0.203. The fourth-order valence-electron chi connectivity index (χ4n) is 1.55. The molecule has 0 aromatic carbocycles. The van der Waals surface area contributed by atoms with E-state index in [1.807, 2.05) is 0 Å². The van der Waals surface area contributed by atoms with Crippen LogP contribution in [0.15, 0.2) is 0 Å². The summed E-state index contributed by atoms with van der Waals surface area (Å²) in [6.07, 6.45) is 1.26. The summed E-state index contributed by atoms with van der Waals surface area (Å²) >= 11 is 0. The molecule has 0 bridgehead atoms. The molecule has 13 heavy (non-hydrogen) atoms. The van der Waals surface area contributed by atoms with Crippen molar-refractivity contribution in [2.75, 3.05) is 32.8 Å². The van der Waals surface area contributed by atoms with Crippen LogP contribution in [0.5, 0.6) is 0 Å². The number of nitrogens with zero attached hydrogens (tertiary/aromatic N) is 1. The second-order valence-electron chi connectivity index (χ2n) is 4.32. The number of nitrogens with two attached hydrogens (primary N) is 1. The second kappa shape index (κ2) is 5.58. The molecule has 2 N–H and O–H groups in total. The molecular weight excluding hydrogens is 164 g/mol. The number of rotatable bonds is 3. The Morgan fingerprint density at radius 2 is 2.31 bits per heavy atom. The summed E-state index contributed by atoms with van der Waals surface area (Å²) in [4.78, 5) is 2.41. The van der Waals surface area contributed by atoms with Crippen molar-refractivity contribution in [1.82, 2.24) is 4.90 Å². The van der Waals surface area contributed by atoms with Crippen molar-refractivity contribution in [3.8, 4) is 0 Å². The Bertz CT molecular complexity index is 139. The smallest absolute Gasteiger partial charge is 0.0630 e. The highest BCUT2D eigenvalue weighted by molar-refractivity contribution is 4.71. The topological polar surface area (TPSA) is 38.5 Å². The molecule has 1 saturated heterocycles. The van der Waals surface area contributed by atoms with Gasteiger partial charge in [-0.15, -0.1) is 0 Å². The fraction of sp³-hybridized carbons (Fsp3) is 1.00. The molecule has 0 aromatic rings. The summed E-state index contributed by atoms with van der Waals surface area (Å²) in [6, 6.07) is 0.203. The van der Waals surface area contributed by atoms with Crippen LogP contribution in [0.1, 0.15) is 20.3 Å². The summed E-state index contributed by atoms with van der Waals surface area (Å²) in [7, 11) is 0. The third-order valence-corrected chi connectivity index (χ3v) is 2.40. The van der Waals surface area contributed by atoms with Gasteiger partial charge in [-0.25, -0.2) is 0 Å². The maximum atomic E-state index is 5.86. The molecule has 0 radical (unpaired) electrons. The lowest BCUT2D eigenvalue weighted by Gasteiger charge is -2.21. The molecular formula is C10H22N2O. The molecule has 1 atom stereocenters. The number of hydrogen-bond donors (Lipinski definition) is 1. The molecule has 0 aliphatic carbocycles. The monoisotopic (exact) mass is 186 g/mol. The van der Waals surface area contributed by atoms with E-state index in [1.165, 1.54) is 6.42 Å². The van der Waals surface area contributed by atoms with Gasteiger partial charge < -0.3 is 10.5 Å². The van der Waals surface area contributed by atoms with Crippen LogP contribution in [0.4, 0.5) is 0 Å². The minimum Gasteiger partial charge on any atom is -0.378 e. The molecule has 3 nitrogen and oxygen atoms in total. The predicted molar refractivity (Wildman–Crippen MR) is 54.7 cm³/mol. The molecule has 1 fully saturated rings. The fourth-order valence-corrected chi connectivity index (χ4v) is 1.55. The Morgan fingerprint density at radius 1 is 1.54 bits per heavy atom. The first-order valence-electron chi connectivity index (χ1n) is 5.24. The van der Waals surface area contributed by atoms with Gasteiger partial charge in [-0.05, 0) is 18.9 Å². The first-order valence-corrected chi connectivity index (χ1v) is 5.24. The maximum Gasteiger partial charge on any atom is 0.0630 e. The average molecular weight is 186 g/mol. The lowest BCUT2D eigenvalue weighted by Crippen LogP contribution is -2.38. The third-order valence-electron chi connectivity index (χ3n) is 2.40. The molecule has 0 amide bonds. The Labute approximate surface area is 81.2 Å². The largest absolute Gasteiger partial charge is 0.378 e. The molecule has 1 rings (SSSR count). The van der Waals surface area contributed by atoms with E-state index in [2.05, 4.69) is 18.7 Å². The van der Waals surface area contributed by atoms with Crippen molar-refractivity contribution in [3.05, 3.63) is 0 Å². The van der Waals surface area contributed by atoms with Gasteiger partial charge in [0.15, 0.2) is 0 Å². The zero-order chi connectivity index (χ0) is 9.68. The first-order chi connectivity index (χ1) is 6.18. The molecule has 78 valence electrons. The van der Waals surface area contributed by atoms with E-state index in [0.29, 0.717) is 0 Å². The summed E-state index contributed by atoms with van der Waals surface area (Å²) < 4.78 is 5.38. The molecule has 0 aromatic heterocycles. The van der Waals surface area contributed by atoms with Crippen LogP contribution in [0.2, 0.25) is 0 Å². The highest BCUT2D eigenvalue weighted by atomic mass is 16.5. The molecule has 3 heteroatoms. The lowest BCUT2D eigenvalue weighted by molar-refractivity contribution is 0.135. The normalized spacial score (nSPS) is 26.3. The van der Waals surface area contributed by atoms with E-state index in [0.717, 1.165) is 38.8 Å². The summed E-state index contributed by atoms with van der Waals surface area (Å²) in [5.41, 5.74) is 5.86. The van der Waals surface area contributed by atoms with Crippen molar-refractivity contribution < 1.29 is 4.74 Å². The van der Waals surface area contributed by atoms with Crippen molar-refractivity contribution in [1.29, 1.82) is 0 Å². The Kier molecular flexibility index (Phi) is 4.70. The molecule has 0 spiro atoms. The van der Waals surface area contributed by atoms with E-state index in [-0.39, 0.29) is 6.04 Å². The van der Waals surface area contributed by atoms with Gasteiger partial charge in [-0.3, -0.25) is 4.90 Å². The first kappa shape index (κ1) is 11.0. The van der Waals surface area contributed by atoms with Crippen LogP contribution >= 0.6 is 0 Å². The number of hydrogen-bond acceptors (Lipinski definition) is 3. The van der Waals surface area contributed by atoms with E-state index in [4.69, 9.17) is 10.5 Å². The van der Waals surface area contributed by atoms with Crippen LogP contribution in [0, 0.1) is 5.92 Å². The summed E-state index contributed by atoms with van der Waals surface area (Å²) in [5, 5.41) is 0. The minimum absolute atomic E-state index is 0.203. The zero-order valence-corrected chi connectivity index (χ0v) is 8.83. The van der Waals surface area contributed by atoms with Crippen LogP contribution < -0.4 is 5.73 Å². The standard InChI is InChI=1S/C10H22N2O/c1-9(2)3-4-12-5-6-13-8-10(11)7-12/h9-10H,3-8,11H2,1-2H3. The Balaban J connectivity index is 2.22. The van der Waals surface area contributed by atoms with Crippen molar-refractivity contribution >= 4 is 0 Å². The molecule has 1 heterocycles. The molecule has 1 aliphatic heterocycles. The number of ether oxygens (including phenoxy) is 1. The van der Waals surface area contributed by atoms with E-state index >= 15 is 0 Å². The highest BCUT2D eigenvalue weighted by Gasteiger charge is 2.14. The van der Waals surface area contributed by atoms with Crippen molar-refractivity contribution in [3.63, 3.8) is 0 Å². The quantitative estimate of drug-likeness (QED) is 0.705. The van der Waals surface area contributed by atoms with Gasteiger partial charge in [0, 0.05) is 19.1 Å². The van der Waals surface area contributed by atoms with Gasteiger partial charge in [-0.2, -0.15) is 0 Å². The summed E-state index contributed by atoms with van der Waals surface area (Å²) in [6.45, 7) is 9.27. The van der Waals surface area contributed by atoms with Gasteiger partial charge in [0.2, 0.25) is 0 Å². The van der Waals surface area contributed by atoms with Gasteiger partial charge >= 0.3 is 0 Å². The van der Waals surface area contributed by atoms with Gasteiger partial charge in [0.1, 0.15) is 0 Å². The van der Waals surface area contributed by atoms with Crippen LogP contribution in [0.3, 0.4) is 0 Å². The van der Waals surface area contributed by atoms with Crippen molar-refractivity contribution in [2.45, 2.75) is 26.3 Å². The third kappa shape index (κ3) is 4.60. The molecule has 0 saturated carbocycles. The SMILES string of the molecule is CC(C)CCN1CCOCC(N)C1. The molecule has 1 unspecified atom stereocenters. The van der Waals surface area contributed by atoms with Gasteiger partial charge in [-0.1, -0.05) is 13.8 Å². The zero-order valence-electron chi connectivity index (χ0n) is 8.83.